The zero-order chi connectivity index (χ0) is 18.7. The van der Waals surface area contributed by atoms with Gasteiger partial charge in [0.1, 0.15) is 0 Å². The molecular formula is C19H21N3O4. The van der Waals surface area contributed by atoms with Gasteiger partial charge in [0.15, 0.2) is 12.4 Å². The summed E-state index contributed by atoms with van der Waals surface area (Å²) in [4.78, 5) is 21.5. The van der Waals surface area contributed by atoms with Crippen LogP contribution in [0.3, 0.4) is 0 Å². The smallest absolute Gasteiger partial charge is 0.340 e. The van der Waals surface area contributed by atoms with Gasteiger partial charge in [-0.1, -0.05) is 37.2 Å². The number of fused-ring (bicyclic) bond motifs is 1. The average molecular weight is 355 g/mol. The van der Waals surface area contributed by atoms with E-state index >= 15 is 0 Å². The predicted octanol–water partition coefficient (Wildman–Crippen LogP) is 3.55. The van der Waals surface area contributed by atoms with Gasteiger partial charge in [0.25, 0.3) is 5.89 Å². The van der Waals surface area contributed by atoms with Crippen LogP contribution >= 0.6 is 0 Å². The summed E-state index contributed by atoms with van der Waals surface area (Å²) in [5, 5.41) is 4.76. The molecule has 7 nitrogen and oxygen atoms in total. The lowest BCUT2D eigenvalue weighted by Crippen LogP contribution is -2.13. The molecule has 0 atom stereocenters. The molecule has 0 saturated carbocycles. The van der Waals surface area contributed by atoms with E-state index in [0.717, 1.165) is 16.5 Å². The first kappa shape index (κ1) is 18.0. The van der Waals surface area contributed by atoms with Crippen molar-refractivity contribution < 1.29 is 18.8 Å². The van der Waals surface area contributed by atoms with Crippen LogP contribution in [0.1, 0.15) is 53.1 Å². The van der Waals surface area contributed by atoms with Crippen LogP contribution in [0.25, 0.3) is 10.9 Å². The summed E-state index contributed by atoms with van der Waals surface area (Å²) < 4.78 is 15.7. The van der Waals surface area contributed by atoms with Crippen LogP contribution in [0, 0.1) is 6.92 Å². The molecule has 3 rings (SSSR count). The Morgan fingerprint density at radius 2 is 1.96 bits per heavy atom. The molecule has 0 spiro atoms. The Hall–Kier alpha value is -2.80. The molecule has 0 aliphatic rings. The molecule has 0 radical (unpaired) electrons. The second kappa shape index (κ2) is 7.61. The number of methoxy groups -OCH3 is 1. The van der Waals surface area contributed by atoms with Crippen LogP contribution in [0.15, 0.2) is 28.8 Å². The highest BCUT2D eigenvalue weighted by molar-refractivity contribution is 5.98. The molecule has 0 N–H and O–H groups in total. The topological polar surface area (TPSA) is 87.3 Å². The van der Waals surface area contributed by atoms with Crippen molar-refractivity contribution in [2.45, 2.75) is 39.9 Å². The van der Waals surface area contributed by atoms with E-state index < -0.39 is 5.97 Å². The van der Waals surface area contributed by atoms with Crippen LogP contribution in [-0.4, -0.2) is 28.2 Å². The molecule has 2 heterocycles. The fourth-order valence-electron chi connectivity index (χ4n) is 2.71. The van der Waals surface area contributed by atoms with Crippen LogP contribution in [0.5, 0.6) is 0 Å². The van der Waals surface area contributed by atoms with Gasteiger partial charge in [0.05, 0.1) is 23.4 Å². The van der Waals surface area contributed by atoms with Gasteiger partial charge in [-0.15, -0.1) is 0 Å². The van der Waals surface area contributed by atoms with Gasteiger partial charge < -0.3 is 14.0 Å². The van der Waals surface area contributed by atoms with Crippen LogP contribution < -0.4 is 0 Å². The Morgan fingerprint density at radius 3 is 2.65 bits per heavy atom. The van der Waals surface area contributed by atoms with Crippen molar-refractivity contribution in [1.82, 2.24) is 15.1 Å². The van der Waals surface area contributed by atoms with Gasteiger partial charge in [-0.3, -0.25) is 0 Å². The predicted molar refractivity (Wildman–Crippen MR) is 94.7 cm³/mol. The number of ether oxygens (including phenoxy) is 2. The van der Waals surface area contributed by atoms with Crippen molar-refractivity contribution in [2.75, 3.05) is 7.11 Å². The lowest BCUT2D eigenvalue weighted by molar-refractivity contribution is 0.0423. The lowest BCUT2D eigenvalue weighted by atomic mass is 10.0. The second-order valence-corrected chi connectivity index (χ2v) is 6.29. The van der Waals surface area contributed by atoms with Gasteiger partial charge in [0, 0.05) is 18.4 Å². The summed E-state index contributed by atoms with van der Waals surface area (Å²) in [5.74, 6) is 0.502. The third-order valence-electron chi connectivity index (χ3n) is 4.04. The Morgan fingerprint density at radius 1 is 1.19 bits per heavy atom. The first-order chi connectivity index (χ1) is 12.5. The minimum absolute atomic E-state index is 0.0861. The van der Waals surface area contributed by atoms with E-state index in [1.165, 1.54) is 0 Å². The molecular weight excluding hydrogens is 334 g/mol. The number of hydrogen-bond donors (Lipinski definition) is 0. The monoisotopic (exact) mass is 355 g/mol. The molecule has 7 heteroatoms. The van der Waals surface area contributed by atoms with Gasteiger partial charge >= 0.3 is 5.97 Å². The molecule has 0 unspecified atom stereocenters. The standard InChI is InChI=1S/C19H21N3O4/c1-11(2)18-21-16(26-22-18)10-25-19(23)17-12(3)13-7-5-6-8-14(13)20-15(17)9-24-4/h5-8,11H,9-10H2,1-4H3. The molecule has 0 aliphatic carbocycles. The van der Waals surface area contributed by atoms with Crippen LogP contribution in [0.4, 0.5) is 0 Å². The minimum atomic E-state index is -0.489. The molecule has 0 amide bonds. The number of nitrogens with zero attached hydrogens (tertiary/aromatic N) is 3. The molecule has 0 aliphatic heterocycles. The number of aryl methyl sites for hydroxylation is 1. The lowest BCUT2D eigenvalue weighted by Gasteiger charge is -2.13. The molecule has 0 fully saturated rings. The first-order valence-electron chi connectivity index (χ1n) is 8.38. The Labute approximate surface area is 151 Å². The van der Waals surface area contributed by atoms with Crippen LogP contribution in [-0.2, 0) is 22.7 Å². The normalized spacial score (nSPS) is 11.3. The molecule has 136 valence electrons. The summed E-state index contributed by atoms with van der Waals surface area (Å²) in [5.41, 5.74) is 2.57. The van der Waals surface area contributed by atoms with Gasteiger partial charge in [0.2, 0.25) is 0 Å². The van der Waals surface area contributed by atoms with Gasteiger partial charge in [-0.25, -0.2) is 9.78 Å². The number of pyridine rings is 1. The van der Waals surface area contributed by atoms with Gasteiger partial charge in [-0.2, -0.15) is 4.98 Å². The highest BCUT2D eigenvalue weighted by Gasteiger charge is 2.21. The number of aromatic nitrogens is 3. The number of para-hydroxylation sites is 1. The van der Waals surface area contributed by atoms with E-state index in [2.05, 4.69) is 15.1 Å². The molecule has 26 heavy (non-hydrogen) atoms. The number of hydrogen-bond acceptors (Lipinski definition) is 7. The largest absolute Gasteiger partial charge is 0.452 e. The zero-order valence-corrected chi connectivity index (χ0v) is 15.3. The fraction of sp³-hybridized carbons (Fsp3) is 0.368. The maximum absolute atomic E-state index is 12.7. The molecule has 2 aromatic heterocycles. The maximum Gasteiger partial charge on any atom is 0.340 e. The number of carbonyl (C=O) groups is 1. The summed E-state index contributed by atoms with van der Waals surface area (Å²) >= 11 is 0. The van der Waals surface area contributed by atoms with E-state index in [4.69, 9.17) is 14.0 Å². The van der Waals surface area contributed by atoms with Crippen molar-refractivity contribution in [3.05, 3.63) is 52.8 Å². The second-order valence-electron chi connectivity index (χ2n) is 6.29. The SMILES string of the molecule is COCc1nc2ccccc2c(C)c1C(=O)OCc1nc(C(C)C)no1. The molecule has 0 bridgehead atoms. The van der Waals surface area contributed by atoms with E-state index in [1.54, 1.807) is 7.11 Å². The van der Waals surface area contributed by atoms with E-state index in [9.17, 15) is 4.79 Å². The highest BCUT2D eigenvalue weighted by atomic mass is 16.6. The number of esters is 1. The molecule has 1 aromatic carbocycles. The minimum Gasteiger partial charge on any atom is -0.452 e. The maximum atomic E-state index is 12.7. The van der Waals surface area contributed by atoms with E-state index in [-0.39, 0.29) is 25.0 Å². The molecule has 3 aromatic rings. The fourth-order valence-corrected chi connectivity index (χ4v) is 2.71. The number of carbonyl (C=O) groups excluding carboxylic acids is 1. The summed E-state index contributed by atoms with van der Waals surface area (Å²) in [7, 11) is 1.56. The first-order valence-corrected chi connectivity index (χ1v) is 8.38. The number of benzene rings is 1. The molecule has 0 saturated heterocycles. The van der Waals surface area contributed by atoms with E-state index in [0.29, 0.717) is 17.1 Å². The Bertz CT molecular complexity index is 934. The third kappa shape index (κ3) is 3.57. The van der Waals surface area contributed by atoms with Gasteiger partial charge in [-0.05, 0) is 18.6 Å². The number of rotatable bonds is 6. The summed E-state index contributed by atoms with van der Waals surface area (Å²) in [6.07, 6.45) is 0. The van der Waals surface area contributed by atoms with Crippen molar-refractivity contribution in [3.63, 3.8) is 0 Å². The Kier molecular flexibility index (Phi) is 5.27. The Balaban J connectivity index is 1.88. The third-order valence-corrected chi connectivity index (χ3v) is 4.04. The zero-order valence-electron chi connectivity index (χ0n) is 15.3. The summed E-state index contributed by atoms with van der Waals surface area (Å²) in [6.45, 7) is 5.93. The van der Waals surface area contributed by atoms with Crippen molar-refractivity contribution in [1.29, 1.82) is 0 Å². The van der Waals surface area contributed by atoms with Crippen molar-refractivity contribution in [2.24, 2.45) is 0 Å². The van der Waals surface area contributed by atoms with Crippen molar-refractivity contribution >= 4 is 16.9 Å². The van der Waals surface area contributed by atoms with Crippen LogP contribution in [0.2, 0.25) is 0 Å². The average Bonchev–Trinajstić information content (AvgIpc) is 3.10. The van der Waals surface area contributed by atoms with Crippen molar-refractivity contribution in [3.8, 4) is 0 Å². The quantitative estimate of drug-likeness (QED) is 0.625. The van der Waals surface area contributed by atoms with E-state index in [1.807, 2.05) is 45.0 Å². The highest BCUT2D eigenvalue weighted by Crippen LogP contribution is 2.24. The summed E-state index contributed by atoms with van der Waals surface area (Å²) in [6, 6.07) is 7.65.